The van der Waals surface area contributed by atoms with Gasteiger partial charge in [-0.1, -0.05) is 59.6 Å². The molecule has 3 N–H and O–H groups in total. The Hall–Kier alpha value is -3.02. The summed E-state index contributed by atoms with van der Waals surface area (Å²) >= 11 is 12.3. The van der Waals surface area contributed by atoms with Crippen LogP contribution < -0.4 is 10.6 Å². The van der Waals surface area contributed by atoms with Crippen LogP contribution in [0.1, 0.15) is 33.1 Å². The Morgan fingerprint density at radius 3 is 2.23 bits per heavy atom. The lowest BCUT2D eigenvalue weighted by molar-refractivity contribution is -0.118. The monoisotopic (exact) mass is 442 g/mol. The highest BCUT2D eigenvalue weighted by Gasteiger charge is 2.27. The summed E-state index contributed by atoms with van der Waals surface area (Å²) in [5.41, 5.74) is 2.86. The molecule has 0 spiro atoms. The Labute approximate surface area is 184 Å². The van der Waals surface area contributed by atoms with E-state index in [0.29, 0.717) is 16.3 Å². The van der Waals surface area contributed by atoms with Gasteiger partial charge in [-0.15, -0.1) is 0 Å². The number of rotatable bonds is 5. The van der Waals surface area contributed by atoms with Gasteiger partial charge in [0.05, 0.1) is 5.56 Å². The quantitative estimate of drug-likeness (QED) is 0.493. The van der Waals surface area contributed by atoms with Crippen molar-refractivity contribution in [2.75, 3.05) is 5.32 Å². The second-order valence-corrected chi connectivity index (χ2v) is 7.69. The fourth-order valence-electron chi connectivity index (χ4n) is 3.10. The minimum Gasteiger partial charge on any atom is -0.507 e. The second kappa shape index (κ2) is 9.20. The summed E-state index contributed by atoms with van der Waals surface area (Å²) in [5.74, 6) is -1.27. The topological polar surface area (TPSA) is 78.4 Å². The summed E-state index contributed by atoms with van der Waals surface area (Å²) in [6.45, 7) is 3.76. The van der Waals surface area contributed by atoms with E-state index >= 15 is 0 Å². The normalized spacial score (nSPS) is 11.6. The number of halogens is 2. The molecule has 0 aromatic heterocycles. The molecule has 5 nitrogen and oxygen atoms in total. The van der Waals surface area contributed by atoms with Gasteiger partial charge in [0.2, 0.25) is 0 Å². The van der Waals surface area contributed by atoms with E-state index in [1.165, 1.54) is 18.2 Å². The van der Waals surface area contributed by atoms with Crippen LogP contribution in [0.4, 0.5) is 5.69 Å². The smallest absolute Gasteiger partial charge is 0.255 e. The lowest BCUT2D eigenvalue weighted by Gasteiger charge is -2.21. The van der Waals surface area contributed by atoms with Gasteiger partial charge in [-0.3, -0.25) is 9.59 Å². The molecule has 0 fully saturated rings. The van der Waals surface area contributed by atoms with Gasteiger partial charge in [-0.2, -0.15) is 0 Å². The molecule has 3 aromatic carbocycles. The minimum atomic E-state index is -1.11. The number of benzene rings is 3. The van der Waals surface area contributed by atoms with Crippen LogP contribution in [0, 0.1) is 13.8 Å². The highest BCUT2D eigenvalue weighted by molar-refractivity contribution is 6.35. The van der Waals surface area contributed by atoms with Crippen LogP contribution in [-0.2, 0) is 4.79 Å². The summed E-state index contributed by atoms with van der Waals surface area (Å²) in [4.78, 5) is 26.0. The van der Waals surface area contributed by atoms with Crippen molar-refractivity contribution in [2.45, 2.75) is 19.9 Å². The highest BCUT2D eigenvalue weighted by Crippen LogP contribution is 2.29. The zero-order valence-corrected chi connectivity index (χ0v) is 17.9. The standard InChI is InChI=1S/C23H20Cl2N2O3/c1-13-6-5-7-14(2)20(13)26-23(30)21(16-11-10-15(24)12-18(16)25)27-22(29)17-8-3-4-9-19(17)28/h3-12,21,28H,1-2H3,(H,26,30)(H,27,29)/t21-/m1/s1. The zero-order valence-electron chi connectivity index (χ0n) is 16.4. The summed E-state index contributed by atoms with van der Waals surface area (Å²) in [5, 5.41) is 16.2. The molecule has 3 rings (SSSR count). The minimum absolute atomic E-state index is 0.0486. The largest absolute Gasteiger partial charge is 0.507 e. The van der Waals surface area contributed by atoms with E-state index in [-0.39, 0.29) is 16.3 Å². The maximum absolute atomic E-state index is 13.2. The Morgan fingerprint density at radius 1 is 0.933 bits per heavy atom. The average molecular weight is 443 g/mol. The van der Waals surface area contributed by atoms with E-state index in [4.69, 9.17) is 23.2 Å². The Morgan fingerprint density at radius 2 is 1.60 bits per heavy atom. The van der Waals surface area contributed by atoms with Crippen LogP contribution in [0.5, 0.6) is 5.75 Å². The summed E-state index contributed by atoms with van der Waals surface area (Å²) in [7, 11) is 0. The number of carbonyl (C=O) groups is 2. The molecule has 7 heteroatoms. The number of carbonyl (C=O) groups excluding carboxylic acids is 2. The molecule has 3 aromatic rings. The Kier molecular flexibility index (Phi) is 6.65. The van der Waals surface area contributed by atoms with E-state index < -0.39 is 17.9 Å². The second-order valence-electron chi connectivity index (χ2n) is 6.85. The first-order chi connectivity index (χ1) is 14.3. The molecule has 154 valence electrons. The number of para-hydroxylation sites is 2. The van der Waals surface area contributed by atoms with Gasteiger partial charge in [0.1, 0.15) is 11.8 Å². The van der Waals surface area contributed by atoms with Gasteiger partial charge < -0.3 is 15.7 Å². The number of aryl methyl sites for hydroxylation is 2. The SMILES string of the molecule is Cc1cccc(C)c1NC(=O)[C@H](NC(=O)c1ccccc1O)c1ccc(Cl)cc1Cl. The Bertz CT molecular complexity index is 1100. The number of hydrogen-bond donors (Lipinski definition) is 3. The molecular weight excluding hydrogens is 423 g/mol. The third-order valence-corrected chi connectivity index (χ3v) is 5.25. The fraction of sp³-hybridized carbons (Fsp3) is 0.130. The van der Waals surface area contributed by atoms with Crippen LogP contribution in [0.25, 0.3) is 0 Å². The van der Waals surface area contributed by atoms with Crippen LogP contribution in [0.15, 0.2) is 60.7 Å². The zero-order chi connectivity index (χ0) is 21.8. The fourth-order valence-corrected chi connectivity index (χ4v) is 3.62. The van der Waals surface area contributed by atoms with Gasteiger partial charge in [0, 0.05) is 21.3 Å². The van der Waals surface area contributed by atoms with Crippen molar-refractivity contribution in [1.29, 1.82) is 0 Å². The van der Waals surface area contributed by atoms with Crippen LogP contribution in [0.2, 0.25) is 10.0 Å². The molecule has 1 atom stereocenters. The van der Waals surface area contributed by atoms with Crippen molar-refractivity contribution in [2.24, 2.45) is 0 Å². The van der Waals surface area contributed by atoms with Crippen molar-refractivity contribution >= 4 is 40.7 Å². The molecule has 0 unspecified atom stereocenters. The summed E-state index contributed by atoms with van der Waals surface area (Å²) < 4.78 is 0. The molecule has 0 heterocycles. The number of phenols is 1. The molecule has 0 saturated carbocycles. The van der Waals surface area contributed by atoms with E-state index in [2.05, 4.69) is 10.6 Å². The van der Waals surface area contributed by atoms with Gasteiger partial charge in [0.25, 0.3) is 11.8 Å². The van der Waals surface area contributed by atoms with Gasteiger partial charge in [-0.25, -0.2) is 0 Å². The summed E-state index contributed by atoms with van der Waals surface area (Å²) in [6.07, 6.45) is 0. The molecule has 2 amide bonds. The first-order valence-corrected chi connectivity index (χ1v) is 9.94. The maximum atomic E-state index is 13.2. The average Bonchev–Trinajstić information content (AvgIpc) is 2.69. The van der Waals surface area contributed by atoms with E-state index in [0.717, 1.165) is 11.1 Å². The van der Waals surface area contributed by atoms with Crippen molar-refractivity contribution in [1.82, 2.24) is 5.32 Å². The Balaban J connectivity index is 1.98. The lowest BCUT2D eigenvalue weighted by Crippen LogP contribution is -2.37. The van der Waals surface area contributed by atoms with Crippen molar-refractivity contribution in [3.63, 3.8) is 0 Å². The van der Waals surface area contributed by atoms with E-state index in [1.807, 2.05) is 32.0 Å². The number of anilines is 1. The predicted molar refractivity (Wildman–Crippen MR) is 119 cm³/mol. The molecule has 0 aliphatic carbocycles. The molecular formula is C23H20Cl2N2O3. The van der Waals surface area contributed by atoms with Crippen LogP contribution >= 0.6 is 23.2 Å². The third kappa shape index (κ3) is 4.75. The number of nitrogens with one attached hydrogen (secondary N) is 2. The first kappa shape index (κ1) is 21.7. The van der Waals surface area contributed by atoms with E-state index in [1.54, 1.807) is 24.3 Å². The highest BCUT2D eigenvalue weighted by atomic mass is 35.5. The van der Waals surface area contributed by atoms with Gasteiger partial charge >= 0.3 is 0 Å². The summed E-state index contributed by atoms with van der Waals surface area (Å²) in [6, 6.07) is 15.3. The molecule has 0 aliphatic rings. The predicted octanol–water partition coefficient (Wildman–Crippen LogP) is 5.43. The molecule has 0 aliphatic heterocycles. The van der Waals surface area contributed by atoms with E-state index in [9.17, 15) is 14.7 Å². The van der Waals surface area contributed by atoms with Gasteiger partial charge in [-0.05, 0) is 49.2 Å². The molecule has 0 bridgehead atoms. The molecule has 0 radical (unpaired) electrons. The number of amides is 2. The maximum Gasteiger partial charge on any atom is 0.255 e. The molecule has 0 saturated heterocycles. The van der Waals surface area contributed by atoms with Crippen molar-refractivity contribution in [3.8, 4) is 5.75 Å². The lowest BCUT2D eigenvalue weighted by atomic mass is 10.0. The number of hydrogen-bond acceptors (Lipinski definition) is 3. The third-order valence-electron chi connectivity index (χ3n) is 4.69. The van der Waals surface area contributed by atoms with Crippen LogP contribution in [-0.4, -0.2) is 16.9 Å². The van der Waals surface area contributed by atoms with Gasteiger partial charge in [0.15, 0.2) is 0 Å². The van der Waals surface area contributed by atoms with Crippen molar-refractivity contribution < 1.29 is 14.7 Å². The van der Waals surface area contributed by atoms with Crippen LogP contribution in [0.3, 0.4) is 0 Å². The molecule has 30 heavy (non-hydrogen) atoms. The van der Waals surface area contributed by atoms with Crippen molar-refractivity contribution in [3.05, 3.63) is 93.0 Å². The number of aromatic hydroxyl groups is 1. The number of phenolic OH excluding ortho intramolecular Hbond substituents is 1. The first-order valence-electron chi connectivity index (χ1n) is 9.19.